The van der Waals surface area contributed by atoms with Crippen molar-refractivity contribution in [3.05, 3.63) is 118 Å². The molecule has 0 saturated heterocycles. The van der Waals surface area contributed by atoms with Gasteiger partial charge in [-0.3, -0.25) is 4.99 Å². The molecule has 4 aromatic carbocycles. The second-order valence-electron chi connectivity index (χ2n) is 13.3. The third-order valence-corrected chi connectivity index (χ3v) is 9.80. The molecule has 7 rings (SSSR count). The maximum Gasteiger partial charge on any atom is 0.217 e. The number of aromatic hydroxyl groups is 1. The van der Waals surface area contributed by atoms with Crippen LogP contribution in [0.2, 0.25) is 0 Å². The Morgan fingerprint density at radius 1 is 0.870 bits per heavy atom. The van der Waals surface area contributed by atoms with Crippen molar-refractivity contribution in [2.24, 2.45) is 16.8 Å². The molecule has 1 aromatic heterocycles. The van der Waals surface area contributed by atoms with E-state index in [0.29, 0.717) is 23.0 Å². The van der Waals surface area contributed by atoms with Crippen LogP contribution in [-0.4, -0.2) is 21.6 Å². The predicted octanol–water partition coefficient (Wildman–Crippen LogP) is 9.40. The van der Waals surface area contributed by atoms with Crippen LogP contribution in [0.4, 0.5) is 0 Å². The molecule has 1 aliphatic carbocycles. The topological polar surface area (TPSA) is 63.9 Å². The number of benzene rings is 4. The van der Waals surface area contributed by atoms with Crippen molar-refractivity contribution in [1.82, 2.24) is 4.98 Å². The standard InChI is InChI=1S/C40H39N2O3.Pt/c1-23(2)39-22-29-13-8-9-14-33(29)40(39,24(3)4)42-38(45-39)31-19-30(36-26(6)11-10-12-27(36)7)20-32(21-31)44-35-16-15-28-17-25(5)18-34(43)37(28)41-35;/h8-20,23-24,43H,22H2,1-7H3;/q-1;/t39-,40-;/m0./s1. The van der Waals surface area contributed by atoms with Crippen molar-refractivity contribution in [2.45, 2.75) is 66.0 Å². The molecule has 0 radical (unpaired) electrons. The maximum atomic E-state index is 10.6. The molecular formula is C40H39N2O3Pt-. The fourth-order valence-corrected chi connectivity index (χ4v) is 7.76. The predicted molar refractivity (Wildman–Crippen MR) is 180 cm³/mol. The summed E-state index contributed by atoms with van der Waals surface area (Å²) in [7, 11) is 0. The van der Waals surface area contributed by atoms with Crippen molar-refractivity contribution in [3.8, 4) is 28.5 Å². The van der Waals surface area contributed by atoms with Gasteiger partial charge in [-0.2, -0.15) is 0 Å². The molecule has 5 aromatic rings. The third kappa shape index (κ3) is 4.86. The van der Waals surface area contributed by atoms with Gasteiger partial charge in [-0.05, 0) is 84.2 Å². The summed E-state index contributed by atoms with van der Waals surface area (Å²) in [4.78, 5) is 10.2. The monoisotopic (exact) mass is 790 g/mol. The Bertz CT molecular complexity index is 2000. The van der Waals surface area contributed by atoms with Crippen LogP contribution < -0.4 is 4.74 Å². The van der Waals surface area contributed by atoms with Gasteiger partial charge in [0, 0.05) is 44.7 Å². The quantitative estimate of drug-likeness (QED) is 0.174. The molecule has 0 spiro atoms. The fraction of sp³-hybridized carbons (Fsp3) is 0.300. The Morgan fingerprint density at radius 3 is 2.33 bits per heavy atom. The maximum absolute atomic E-state index is 10.6. The number of nitrogens with zero attached hydrogens (tertiary/aromatic N) is 2. The van der Waals surface area contributed by atoms with E-state index >= 15 is 0 Å². The zero-order valence-corrected chi connectivity index (χ0v) is 29.6. The first-order valence-electron chi connectivity index (χ1n) is 15.8. The fourth-order valence-electron chi connectivity index (χ4n) is 7.76. The van der Waals surface area contributed by atoms with Gasteiger partial charge in [0.2, 0.25) is 5.88 Å². The average molecular weight is 791 g/mol. The van der Waals surface area contributed by atoms with Crippen LogP contribution in [0.5, 0.6) is 17.4 Å². The van der Waals surface area contributed by atoms with Gasteiger partial charge in [-0.1, -0.05) is 93.4 Å². The molecule has 2 atom stereocenters. The molecule has 6 heteroatoms. The first-order chi connectivity index (χ1) is 21.5. The molecule has 1 N–H and O–H groups in total. The average Bonchev–Trinajstić information content (AvgIpc) is 3.49. The van der Waals surface area contributed by atoms with E-state index in [1.54, 1.807) is 6.07 Å². The largest absolute Gasteiger partial charge is 0.510 e. The Morgan fingerprint density at radius 2 is 1.61 bits per heavy atom. The Labute approximate surface area is 286 Å². The molecule has 238 valence electrons. The summed E-state index contributed by atoms with van der Waals surface area (Å²) >= 11 is 0. The number of aryl methyl sites for hydroxylation is 3. The van der Waals surface area contributed by atoms with Gasteiger partial charge in [0.1, 0.15) is 28.3 Å². The van der Waals surface area contributed by atoms with Gasteiger partial charge in [0.15, 0.2) is 0 Å². The van der Waals surface area contributed by atoms with Gasteiger partial charge in [0.05, 0.1) is 0 Å². The van der Waals surface area contributed by atoms with Crippen LogP contribution in [0.3, 0.4) is 0 Å². The number of hydrogen-bond donors (Lipinski definition) is 1. The van der Waals surface area contributed by atoms with E-state index in [1.807, 2.05) is 31.2 Å². The number of rotatable bonds is 6. The van der Waals surface area contributed by atoms with E-state index in [0.717, 1.165) is 34.1 Å². The second kappa shape index (κ2) is 11.7. The summed E-state index contributed by atoms with van der Waals surface area (Å²) in [6, 6.07) is 30.1. The Hall–Kier alpha value is -3.95. The number of pyridine rings is 1. The van der Waals surface area contributed by atoms with Crippen molar-refractivity contribution < 1.29 is 35.6 Å². The number of aromatic nitrogens is 1. The number of hydrogen-bond acceptors (Lipinski definition) is 5. The van der Waals surface area contributed by atoms with Gasteiger partial charge in [-0.25, -0.2) is 4.98 Å². The Kier molecular flexibility index (Phi) is 8.13. The summed E-state index contributed by atoms with van der Waals surface area (Å²) in [5.41, 5.74) is 8.20. The van der Waals surface area contributed by atoms with Crippen LogP contribution in [0.15, 0.2) is 83.9 Å². The first kappa shape index (κ1) is 32.0. The summed E-state index contributed by atoms with van der Waals surface area (Å²) in [5, 5.41) is 11.5. The van der Waals surface area contributed by atoms with Crippen molar-refractivity contribution in [3.63, 3.8) is 0 Å². The smallest absolute Gasteiger partial charge is 0.217 e. The summed E-state index contributed by atoms with van der Waals surface area (Å²) < 4.78 is 13.5. The minimum Gasteiger partial charge on any atom is -0.510 e. The zero-order chi connectivity index (χ0) is 31.7. The summed E-state index contributed by atoms with van der Waals surface area (Å²) in [6.45, 7) is 15.2. The molecular weight excluding hydrogens is 752 g/mol. The molecule has 2 heterocycles. The van der Waals surface area contributed by atoms with Crippen LogP contribution in [0.1, 0.15) is 61.1 Å². The minimum absolute atomic E-state index is 0. The van der Waals surface area contributed by atoms with Gasteiger partial charge >= 0.3 is 0 Å². The third-order valence-electron chi connectivity index (χ3n) is 9.80. The molecule has 0 fully saturated rings. The van der Waals surface area contributed by atoms with Gasteiger partial charge in [-0.15, -0.1) is 6.07 Å². The summed E-state index contributed by atoms with van der Waals surface area (Å²) in [6.07, 6.45) is 0.802. The molecule has 0 unspecified atom stereocenters. The van der Waals surface area contributed by atoms with Crippen LogP contribution in [-0.2, 0) is 37.8 Å². The van der Waals surface area contributed by atoms with Gasteiger partial charge in [0.25, 0.3) is 0 Å². The molecule has 0 bridgehead atoms. The molecule has 46 heavy (non-hydrogen) atoms. The van der Waals surface area contributed by atoms with E-state index in [2.05, 4.69) is 101 Å². The van der Waals surface area contributed by atoms with E-state index in [4.69, 9.17) is 14.5 Å². The molecule has 2 aliphatic rings. The number of aliphatic imine (C=N–C) groups is 1. The van der Waals surface area contributed by atoms with Crippen LogP contribution in [0, 0.1) is 38.7 Å². The summed E-state index contributed by atoms with van der Waals surface area (Å²) in [5.74, 6) is 2.01. The SMILES string of the molecule is Cc1cc(O)c2nc(Oc3[c-]c(C4=N[C@@]5(C(C)C)c6ccccc6C[C@@]5(C(C)C)O4)cc(-c4c(C)cccc4C)c3)ccc2c1.[Pt]. The molecule has 0 saturated carbocycles. The van der Waals surface area contributed by atoms with Crippen molar-refractivity contribution in [2.75, 3.05) is 0 Å². The molecule has 1 aliphatic heterocycles. The molecule has 5 nitrogen and oxygen atoms in total. The van der Waals surface area contributed by atoms with Crippen LogP contribution >= 0.6 is 0 Å². The minimum atomic E-state index is -0.522. The zero-order valence-electron chi connectivity index (χ0n) is 27.3. The van der Waals surface area contributed by atoms with Gasteiger partial charge < -0.3 is 14.6 Å². The normalized spacial score (nSPS) is 19.9. The second-order valence-corrected chi connectivity index (χ2v) is 13.3. The van der Waals surface area contributed by atoms with Crippen molar-refractivity contribution in [1.29, 1.82) is 0 Å². The van der Waals surface area contributed by atoms with E-state index in [-0.39, 0.29) is 38.7 Å². The number of fused-ring (bicyclic) bond motifs is 4. The molecule has 0 amide bonds. The van der Waals surface area contributed by atoms with Crippen LogP contribution in [0.25, 0.3) is 22.0 Å². The van der Waals surface area contributed by atoms with E-state index < -0.39 is 11.1 Å². The van der Waals surface area contributed by atoms with E-state index in [9.17, 15) is 5.11 Å². The van der Waals surface area contributed by atoms with E-state index in [1.165, 1.54) is 22.3 Å². The number of phenols is 1. The Balaban J connectivity index is 0.00000372. The first-order valence-corrected chi connectivity index (χ1v) is 15.8. The van der Waals surface area contributed by atoms with Crippen molar-refractivity contribution >= 4 is 16.8 Å². The number of ether oxygens (including phenoxy) is 2. The number of phenolic OH excluding ortho intramolecular Hbond substituents is 1.